The Labute approximate surface area is 206 Å². The summed E-state index contributed by atoms with van der Waals surface area (Å²) in [5.74, 6) is 0.127. The average Bonchev–Trinajstić information content (AvgIpc) is 3.38. The SMILES string of the molecule is CCOC(=O)c1cc2cc(O)c(Br)cc2[nH]1.CCOC(=O)c1cc2cc(OC)c(Br)cc2[nH]1. The molecule has 0 aliphatic rings. The number of carbonyl (C=O) groups is 2. The van der Waals surface area contributed by atoms with Crippen molar-refractivity contribution in [1.29, 1.82) is 0 Å². The standard InChI is InChI=1S/C12H12BrNO3.C11H10BrNO3/c1-3-17-12(15)10-4-7-5-11(16-2)8(13)6-9(7)14-10;1-2-16-11(15)9-3-6-4-10(14)7(12)5-8(6)13-9/h4-6,14H,3H2,1-2H3;3-5,13-14H,2H2,1H3. The maximum atomic E-state index is 11.6. The molecular formula is C23H22Br2N2O6. The number of carbonyl (C=O) groups excluding carboxylic acids is 2. The van der Waals surface area contributed by atoms with Crippen molar-refractivity contribution in [3.8, 4) is 11.5 Å². The van der Waals surface area contributed by atoms with Crippen LogP contribution in [0.25, 0.3) is 21.8 Å². The van der Waals surface area contributed by atoms with Gasteiger partial charge < -0.3 is 29.3 Å². The number of hydrogen-bond acceptors (Lipinski definition) is 6. The fourth-order valence-electron chi connectivity index (χ4n) is 3.07. The predicted molar refractivity (Wildman–Crippen MR) is 132 cm³/mol. The zero-order valence-electron chi connectivity index (χ0n) is 18.1. The van der Waals surface area contributed by atoms with E-state index in [4.69, 9.17) is 14.2 Å². The van der Waals surface area contributed by atoms with Gasteiger partial charge in [0.05, 0.1) is 29.3 Å². The Balaban J connectivity index is 0.000000186. The largest absolute Gasteiger partial charge is 0.507 e. The lowest BCUT2D eigenvalue weighted by Crippen LogP contribution is -2.04. The number of ether oxygens (including phenoxy) is 3. The molecule has 174 valence electrons. The first-order valence-corrected chi connectivity index (χ1v) is 11.6. The van der Waals surface area contributed by atoms with Crippen LogP contribution in [0.1, 0.15) is 34.8 Å². The van der Waals surface area contributed by atoms with E-state index in [1.54, 1.807) is 45.2 Å². The molecule has 8 nitrogen and oxygen atoms in total. The number of methoxy groups -OCH3 is 1. The van der Waals surface area contributed by atoms with E-state index in [-0.39, 0.29) is 11.7 Å². The molecule has 0 aliphatic carbocycles. The number of esters is 2. The molecule has 0 amide bonds. The summed E-state index contributed by atoms with van der Waals surface area (Å²) in [5.41, 5.74) is 2.46. The summed E-state index contributed by atoms with van der Waals surface area (Å²) in [7, 11) is 1.60. The average molecular weight is 582 g/mol. The van der Waals surface area contributed by atoms with Crippen molar-refractivity contribution in [3.05, 3.63) is 56.7 Å². The van der Waals surface area contributed by atoms with Crippen molar-refractivity contribution < 1.29 is 28.9 Å². The van der Waals surface area contributed by atoms with E-state index in [1.165, 1.54) is 0 Å². The molecule has 0 fully saturated rings. The maximum absolute atomic E-state index is 11.6. The second-order valence-corrected chi connectivity index (χ2v) is 8.48. The molecule has 0 atom stereocenters. The van der Waals surface area contributed by atoms with Gasteiger partial charge in [-0.25, -0.2) is 9.59 Å². The number of aromatic amines is 2. The summed E-state index contributed by atoms with van der Waals surface area (Å²) >= 11 is 6.60. The molecule has 0 aliphatic heterocycles. The fraction of sp³-hybridized carbons (Fsp3) is 0.217. The Kier molecular flexibility index (Phi) is 8.04. The minimum absolute atomic E-state index is 0.141. The van der Waals surface area contributed by atoms with E-state index in [0.29, 0.717) is 29.1 Å². The minimum Gasteiger partial charge on any atom is -0.507 e. The number of benzene rings is 2. The number of phenolic OH excluding ortho intramolecular Hbond substituents is 1. The number of aromatic nitrogens is 2. The summed E-state index contributed by atoms with van der Waals surface area (Å²) in [6, 6.07) is 10.4. The van der Waals surface area contributed by atoms with Gasteiger partial charge >= 0.3 is 11.9 Å². The Morgan fingerprint density at radius 3 is 1.79 bits per heavy atom. The number of H-pyrrole nitrogens is 2. The number of aromatic hydroxyl groups is 1. The minimum atomic E-state index is -0.394. The predicted octanol–water partition coefficient (Wildman–Crippen LogP) is 5.93. The van der Waals surface area contributed by atoms with Crippen LogP contribution in [-0.2, 0) is 9.47 Å². The molecule has 0 saturated carbocycles. The molecule has 2 aromatic heterocycles. The third kappa shape index (κ3) is 5.69. The first-order valence-electron chi connectivity index (χ1n) is 9.99. The van der Waals surface area contributed by atoms with E-state index in [1.807, 2.05) is 12.1 Å². The third-order valence-corrected chi connectivity index (χ3v) is 5.83. The van der Waals surface area contributed by atoms with Gasteiger partial charge in [-0.05, 0) is 82.1 Å². The zero-order chi connectivity index (χ0) is 24.1. The second-order valence-electron chi connectivity index (χ2n) is 6.77. The number of halogens is 2. The van der Waals surface area contributed by atoms with E-state index in [9.17, 15) is 14.7 Å². The molecular weight excluding hydrogens is 560 g/mol. The maximum Gasteiger partial charge on any atom is 0.354 e. The van der Waals surface area contributed by atoms with E-state index in [2.05, 4.69) is 41.8 Å². The number of nitrogens with one attached hydrogen (secondary N) is 2. The van der Waals surface area contributed by atoms with E-state index < -0.39 is 5.97 Å². The molecule has 0 saturated heterocycles. The van der Waals surface area contributed by atoms with Gasteiger partial charge in [0.1, 0.15) is 22.9 Å². The lowest BCUT2D eigenvalue weighted by atomic mass is 10.2. The van der Waals surface area contributed by atoms with E-state index >= 15 is 0 Å². The number of fused-ring (bicyclic) bond motifs is 2. The monoisotopic (exact) mass is 580 g/mol. The van der Waals surface area contributed by atoms with Crippen LogP contribution in [-0.4, -0.2) is 47.3 Å². The fourth-order valence-corrected chi connectivity index (χ4v) is 3.92. The van der Waals surface area contributed by atoms with Crippen LogP contribution in [0, 0.1) is 0 Å². The smallest absolute Gasteiger partial charge is 0.354 e. The Bertz CT molecular complexity index is 1270. The quantitative estimate of drug-likeness (QED) is 0.252. The highest BCUT2D eigenvalue weighted by Gasteiger charge is 2.13. The molecule has 0 spiro atoms. The van der Waals surface area contributed by atoms with Crippen LogP contribution in [0.4, 0.5) is 0 Å². The van der Waals surface area contributed by atoms with Crippen molar-refractivity contribution >= 4 is 65.6 Å². The van der Waals surface area contributed by atoms with Gasteiger partial charge in [-0.15, -0.1) is 0 Å². The van der Waals surface area contributed by atoms with Crippen molar-refractivity contribution in [1.82, 2.24) is 9.97 Å². The van der Waals surface area contributed by atoms with Crippen LogP contribution < -0.4 is 4.74 Å². The van der Waals surface area contributed by atoms with Crippen molar-refractivity contribution in [3.63, 3.8) is 0 Å². The highest BCUT2D eigenvalue weighted by molar-refractivity contribution is 9.11. The van der Waals surface area contributed by atoms with Crippen LogP contribution in [0.2, 0.25) is 0 Å². The first kappa shape index (κ1) is 24.7. The molecule has 4 rings (SSSR count). The summed E-state index contributed by atoms with van der Waals surface area (Å²) in [4.78, 5) is 29.0. The molecule has 0 radical (unpaired) electrons. The van der Waals surface area contributed by atoms with Crippen molar-refractivity contribution in [2.45, 2.75) is 13.8 Å². The number of hydrogen-bond donors (Lipinski definition) is 3. The second kappa shape index (κ2) is 10.8. The highest BCUT2D eigenvalue weighted by Crippen LogP contribution is 2.31. The molecule has 33 heavy (non-hydrogen) atoms. The summed E-state index contributed by atoms with van der Waals surface area (Å²) in [6.07, 6.45) is 0. The summed E-state index contributed by atoms with van der Waals surface area (Å²) in [6.45, 7) is 4.23. The topological polar surface area (TPSA) is 114 Å². The van der Waals surface area contributed by atoms with Gasteiger partial charge in [0.25, 0.3) is 0 Å². The van der Waals surface area contributed by atoms with Gasteiger partial charge in [-0.3, -0.25) is 0 Å². The van der Waals surface area contributed by atoms with Gasteiger partial charge in [0, 0.05) is 21.8 Å². The van der Waals surface area contributed by atoms with Gasteiger partial charge in [-0.1, -0.05) is 0 Å². The number of rotatable bonds is 5. The molecule has 0 bridgehead atoms. The Morgan fingerprint density at radius 2 is 1.30 bits per heavy atom. The molecule has 3 N–H and O–H groups in total. The Hall–Kier alpha value is -2.98. The molecule has 10 heteroatoms. The first-order chi connectivity index (χ1) is 15.8. The van der Waals surface area contributed by atoms with E-state index in [0.717, 1.165) is 32.0 Å². The third-order valence-electron chi connectivity index (χ3n) is 4.57. The molecule has 2 heterocycles. The normalized spacial score (nSPS) is 10.6. The Morgan fingerprint density at radius 1 is 0.818 bits per heavy atom. The van der Waals surface area contributed by atoms with Crippen molar-refractivity contribution in [2.75, 3.05) is 20.3 Å². The number of phenols is 1. The van der Waals surface area contributed by atoms with Crippen LogP contribution in [0.5, 0.6) is 11.5 Å². The zero-order valence-corrected chi connectivity index (χ0v) is 21.3. The summed E-state index contributed by atoms with van der Waals surface area (Å²) < 4.78 is 16.4. The van der Waals surface area contributed by atoms with Crippen LogP contribution >= 0.6 is 31.9 Å². The highest BCUT2D eigenvalue weighted by atomic mass is 79.9. The molecule has 4 aromatic rings. The van der Waals surface area contributed by atoms with Gasteiger partial charge in [0.2, 0.25) is 0 Å². The van der Waals surface area contributed by atoms with Gasteiger partial charge in [0.15, 0.2) is 0 Å². The van der Waals surface area contributed by atoms with Crippen LogP contribution in [0.15, 0.2) is 45.3 Å². The van der Waals surface area contributed by atoms with Crippen LogP contribution in [0.3, 0.4) is 0 Å². The lowest BCUT2D eigenvalue weighted by Gasteiger charge is -2.02. The molecule has 2 aromatic carbocycles. The van der Waals surface area contributed by atoms with Crippen molar-refractivity contribution in [2.24, 2.45) is 0 Å². The van der Waals surface area contributed by atoms with Gasteiger partial charge in [-0.2, -0.15) is 0 Å². The summed E-state index contributed by atoms with van der Waals surface area (Å²) in [5, 5.41) is 11.2. The molecule has 0 unspecified atom stereocenters. The lowest BCUT2D eigenvalue weighted by molar-refractivity contribution is 0.0511.